The molecule has 1 aliphatic heterocycles. The second-order valence-corrected chi connectivity index (χ2v) is 12.5. The zero-order valence-electron chi connectivity index (χ0n) is 19.1. The molecule has 6 nitrogen and oxygen atoms in total. The van der Waals surface area contributed by atoms with Crippen LogP contribution >= 0.6 is 0 Å². The van der Waals surface area contributed by atoms with E-state index in [1.807, 2.05) is 0 Å². The van der Waals surface area contributed by atoms with Crippen LogP contribution < -0.4 is 14.9 Å². The summed E-state index contributed by atoms with van der Waals surface area (Å²) in [6.45, 7) is 12.3. The molecule has 30 heavy (non-hydrogen) atoms. The van der Waals surface area contributed by atoms with Gasteiger partial charge < -0.3 is 15.0 Å². The minimum atomic E-state index is -3.27. The highest BCUT2D eigenvalue weighted by Gasteiger charge is 2.32. The van der Waals surface area contributed by atoms with Crippen LogP contribution in [-0.2, 0) is 14.8 Å². The maximum absolute atomic E-state index is 12.4. The van der Waals surface area contributed by atoms with E-state index < -0.39 is 14.8 Å². The normalized spacial score (nSPS) is 28.4. The van der Waals surface area contributed by atoms with Crippen LogP contribution in [0.5, 0.6) is 0 Å². The van der Waals surface area contributed by atoms with Crippen molar-refractivity contribution in [1.29, 1.82) is 0 Å². The van der Waals surface area contributed by atoms with Gasteiger partial charge in [-0.3, -0.25) is 0 Å². The quantitative estimate of drug-likeness (QED) is 0.704. The number of anilines is 2. The summed E-state index contributed by atoms with van der Waals surface area (Å²) in [4.78, 5) is 2.39. The van der Waals surface area contributed by atoms with E-state index in [1.165, 1.54) is 5.69 Å². The lowest BCUT2D eigenvalue weighted by Gasteiger charge is -2.37. The fourth-order valence-corrected chi connectivity index (χ4v) is 5.35. The summed E-state index contributed by atoms with van der Waals surface area (Å²) < 4.78 is 32.7. The van der Waals surface area contributed by atoms with Crippen LogP contribution in [0.25, 0.3) is 0 Å². The molecular weight excluding hydrogens is 398 g/mol. The van der Waals surface area contributed by atoms with Crippen LogP contribution in [-0.4, -0.2) is 51.0 Å². The van der Waals surface area contributed by atoms with Crippen molar-refractivity contribution in [2.24, 2.45) is 5.92 Å². The van der Waals surface area contributed by atoms with Crippen LogP contribution in [0, 0.1) is 5.92 Å². The van der Waals surface area contributed by atoms with Crippen LogP contribution in [0.15, 0.2) is 24.3 Å². The van der Waals surface area contributed by atoms with Crippen molar-refractivity contribution in [3.63, 3.8) is 0 Å². The molecule has 0 aromatic heterocycles. The summed E-state index contributed by atoms with van der Waals surface area (Å²) in [6.07, 6.45) is 4.43. The average Bonchev–Trinajstić information content (AvgIpc) is 2.66. The molecule has 7 heteroatoms. The lowest BCUT2D eigenvalue weighted by atomic mass is 9.86. The molecule has 1 saturated heterocycles. The largest absolute Gasteiger partial charge is 0.385 e. The number of ether oxygens (including phenoxy) is 1. The van der Waals surface area contributed by atoms with Gasteiger partial charge in [-0.25, -0.2) is 13.1 Å². The van der Waals surface area contributed by atoms with E-state index in [9.17, 15) is 8.42 Å². The second-order valence-electron chi connectivity index (χ2n) is 10.0. The number of morpholine rings is 1. The number of rotatable bonds is 6. The SMILES string of the molecule is C[C@@H]1CN(c2ccc(NCC3CCC(NS(=O)(=O)C(C)(C)C)CC3)cc2)C[C@@H](C)O1. The second kappa shape index (κ2) is 9.45. The van der Waals surface area contributed by atoms with Gasteiger partial charge >= 0.3 is 0 Å². The molecule has 0 amide bonds. The van der Waals surface area contributed by atoms with Crippen molar-refractivity contribution < 1.29 is 13.2 Å². The smallest absolute Gasteiger partial charge is 0.216 e. The summed E-state index contributed by atoms with van der Waals surface area (Å²) in [6, 6.07) is 8.76. The predicted octanol–water partition coefficient (Wildman–Crippen LogP) is 3.99. The Kier molecular flexibility index (Phi) is 7.36. The zero-order chi connectivity index (χ0) is 21.9. The van der Waals surface area contributed by atoms with E-state index in [0.29, 0.717) is 5.92 Å². The van der Waals surface area contributed by atoms with Gasteiger partial charge in [-0.05, 0) is 90.5 Å². The first-order valence-corrected chi connectivity index (χ1v) is 12.8. The van der Waals surface area contributed by atoms with Crippen LogP contribution in [0.2, 0.25) is 0 Å². The number of hydrogen-bond donors (Lipinski definition) is 2. The third-order valence-corrected chi connectivity index (χ3v) is 8.48. The molecule has 0 radical (unpaired) electrons. The van der Waals surface area contributed by atoms with Crippen molar-refractivity contribution in [3.8, 4) is 0 Å². The number of sulfonamides is 1. The van der Waals surface area contributed by atoms with Gasteiger partial charge in [-0.15, -0.1) is 0 Å². The summed E-state index contributed by atoms with van der Waals surface area (Å²) in [5.74, 6) is 0.584. The number of nitrogens with zero attached hydrogens (tertiary/aromatic N) is 1. The molecule has 2 aliphatic rings. The zero-order valence-corrected chi connectivity index (χ0v) is 20.0. The molecule has 0 bridgehead atoms. The van der Waals surface area contributed by atoms with Crippen molar-refractivity contribution >= 4 is 21.4 Å². The van der Waals surface area contributed by atoms with E-state index in [4.69, 9.17) is 4.74 Å². The van der Waals surface area contributed by atoms with Crippen molar-refractivity contribution in [2.75, 3.05) is 29.9 Å². The molecule has 1 aliphatic carbocycles. The van der Waals surface area contributed by atoms with E-state index in [1.54, 1.807) is 20.8 Å². The first kappa shape index (κ1) is 23.4. The minimum Gasteiger partial charge on any atom is -0.385 e. The van der Waals surface area contributed by atoms with Crippen molar-refractivity contribution in [3.05, 3.63) is 24.3 Å². The molecule has 2 atom stereocenters. The highest BCUT2D eigenvalue weighted by atomic mass is 32.2. The monoisotopic (exact) mass is 437 g/mol. The molecule has 2 N–H and O–H groups in total. The van der Waals surface area contributed by atoms with Gasteiger partial charge in [-0.2, -0.15) is 0 Å². The molecule has 2 fully saturated rings. The summed E-state index contributed by atoms with van der Waals surface area (Å²) in [5.41, 5.74) is 2.39. The summed E-state index contributed by atoms with van der Waals surface area (Å²) in [5, 5.41) is 3.57. The van der Waals surface area contributed by atoms with Gasteiger partial charge in [0.05, 0.1) is 17.0 Å². The molecule has 0 unspecified atom stereocenters. The van der Waals surface area contributed by atoms with Gasteiger partial charge in [0.2, 0.25) is 10.0 Å². The average molecular weight is 438 g/mol. The fraction of sp³-hybridized carbons (Fsp3) is 0.739. The lowest BCUT2D eigenvalue weighted by molar-refractivity contribution is -0.00521. The van der Waals surface area contributed by atoms with Gasteiger partial charge in [-0.1, -0.05) is 0 Å². The van der Waals surface area contributed by atoms with Crippen molar-refractivity contribution in [2.45, 2.75) is 83.3 Å². The highest BCUT2D eigenvalue weighted by molar-refractivity contribution is 7.90. The molecule has 1 aromatic rings. The highest BCUT2D eigenvalue weighted by Crippen LogP contribution is 2.27. The number of nitrogens with one attached hydrogen (secondary N) is 2. The summed E-state index contributed by atoms with van der Waals surface area (Å²) in [7, 11) is -3.27. The maximum atomic E-state index is 12.4. The van der Waals surface area contributed by atoms with Gasteiger partial charge in [0.1, 0.15) is 0 Å². The first-order chi connectivity index (χ1) is 14.0. The molecular formula is C23H39N3O3S. The Morgan fingerprint density at radius 3 is 2.10 bits per heavy atom. The lowest BCUT2D eigenvalue weighted by Crippen LogP contribution is -2.46. The van der Waals surface area contributed by atoms with Crippen LogP contribution in [0.3, 0.4) is 0 Å². The van der Waals surface area contributed by atoms with Gasteiger partial charge in [0, 0.05) is 37.1 Å². The predicted molar refractivity (Wildman–Crippen MR) is 125 cm³/mol. The van der Waals surface area contributed by atoms with Crippen LogP contribution in [0.1, 0.15) is 60.3 Å². The Hall–Kier alpha value is -1.31. The Morgan fingerprint density at radius 2 is 1.57 bits per heavy atom. The van der Waals surface area contributed by atoms with Gasteiger partial charge in [0.25, 0.3) is 0 Å². The van der Waals surface area contributed by atoms with E-state index in [2.05, 4.69) is 53.1 Å². The molecule has 0 spiro atoms. The Bertz CT molecular complexity index is 771. The Balaban J connectivity index is 1.44. The molecule has 1 saturated carbocycles. The molecule has 3 rings (SSSR count). The third-order valence-electron chi connectivity index (χ3n) is 6.22. The van der Waals surface area contributed by atoms with Gasteiger partial charge in [0.15, 0.2) is 0 Å². The standard InChI is InChI=1S/C23H39N3O3S/c1-17-15-26(16-18(2)29-17)22-12-10-20(11-13-22)24-14-19-6-8-21(9-7-19)25-30(27,28)23(3,4)5/h10-13,17-19,21,24-25H,6-9,14-16H2,1-5H3/t17-,18-,19?,21?/m1/s1. The molecule has 170 valence electrons. The fourth-order valence-electron chi connectivity index (χ4n) is 4.32. The Labute approximate surface area is 182 Å². The minimum absolute atomic E-state index is 0.0723. The number of benzene rings is 1. The third kappa shape index (κ3) is 6.11. The van der Waals surface area contributed by atoms with E-state index in [0.717, 1.165) is 51.0 Å². The van der Waals surface area contributed by atoms with E-state index in [-0.39, 0.29) is 18.2 Å². The summed E-state index contributed by atoms with van der Waals surface area (Å²) >= 11 is 0. The maximum Gasteiger partial charge on any atom is 0.216 e. The van der Waals surface area contributed by atoms with Crippen molar-refractivity contribution in [1.82, 2.24) is 4.72 Å². The number of hydrogen-bond acceptors (Lipinski definition) is 5. The van der Waals surface area contributed by atoms with E-state index >= 15 is 0 Å². The Morgan fingerprint density at radius 1 is 1.00 bits per heavy atom. The topological polar surface area (TPSA) is 70.7 Å². The molecule has 1 aromatic carbocycles. The first-order valence-electron chi connectivity index (χ1n) is 11.3. The molecule has 1 heterocycles. The van der Waals surface area contributed by atoms with Crippen LogP contribution in [0.4, 0.5) is 11.4 Å².